The third kappa shape index (κ3) is 3.66. The molecule has 0 bridgehead atoms. The van der Waals surface area contributed by atoms with E-state index >= 15 is 0 Å². The molecule has 1 aromatic carbocycles. The molecule has 1 rings (SSSR count). The molecule has 1 unspecified atom stereocenters. The smallest absolute Gasteiger partial charge is 0.288 e. The molecule has 0 aliphatic heterocycles. The molecule has 17 heavy (non-hydrogen) atoms. The van der Waals surface area contributed by atoms with Crippen molar-refractivity contribution in [1.82, 2.24) is 4.90 Å². The minimum atomic E-state index is -0.499. The fourth-order valence-electron chi connectivity index (χ4n) is 1.38. The lowest BCUT2D eigenvalue weighted by Gasteiger charge is -2.22. The number of likely N-dealkylation sites (N-methyl/N-ethyl adjacent to an activating group) is 1. The summed E-state index contributed by atoms with van der Waals surface area (Å²) in [6.45, 7) is 2.45. The number of hydrogen-bond donors (Lipinski definition) is 1. The van der Waals surface area contributed by atoms with E-state index in [4.69, 9.17) is 16.7 Å². The Morgan fingerprint density at radius 3 is 2.76 bits per heavy atom. The summed E-state index contributed by atoms with van der Waals surface area (Å²) in [4.78, 5) is 12.1. The number of halogens is 1. The van der Waals surface area contributed by atoms with Crippen molar-refractivity contribution in [2.45, 2.75) is 19.5 Å². The molecule has 0 radical (unpaired) electrons. The third-order valence-electron chi connectivity index (χ3n) is 2.66. The average Bonchev–Trinajstić information content (AvgIpc) is 2.30. The Morgan fingerprint density at radius 1 is 1.59 bits per heavy atom. The fraction of sp³-hybridized carbons (Fsp3) is 0.455. The Hall–Kier alpha value is -1.17. The van der Waals surface area contributed by atoms with Crippen molar-refractivity contribution in [3.8, 4) is 0 Å². The van der Waals surface area contributed by atoms with E-state index in [1.807, 2.05) is 18.9 Å². The molecule has 1 N–H and O–H groups in total. The van der Waals surface area contributed by atoms with E-state index in [0.717, 1.165) is 5.56 Å². The van der Waals surface area contributed by atoms with Gasteiger partial charge in [-0.2, -0.15) is 0 Å². The Kier molecular flexibility index (Phi) is 4.86. The molecule has 0 aliphatic carbocycles. The lowest BCUT2D eigenvalue weighted by Crippen LogP contribution is -2.31. The zero-order valence-corrected chi connectivity index (χ0v) is 10.5. The minimum absolute atomic E-state index is 0.00438. The number of nitro groups is 1. The zero-order valence-electron chi connectivity index (χ0n) is 9.76. The van der Waals surface area contributed by atoms with Crippen LogP contribution in [0.3, 0.4) is 0 Å². The van der Waals surface area contributed by atoms with Crippen molar-refractivity contribution < 1.29 is 10.0 Å². The molecule has 94 valence electrons. The highest BCUT2D eigenvalue weighted by molar-refractivity contribution is 6.32. The molecule has 6 heteroatoms. The molecule has 0 saturated carbocycles. The van der Waals surface area contributed by atoms with Gasteiger partial charge < -0.3 is 5.11 Å². The maximum absolute atomic E-state index is 10.7. The number of nitrogens with zero attached hydrogens (tertiary/aromatic N) is 2. The molecular weight excluding hydrogens is 244 g/mol. The van der Waals surface area contributed by atoms with E-state index in [0.29, 0.717) is 6.54 Å². The molecular formula is C11H15ClN2O3. The molecule has 1 aromatic rings. The van der Waals surface area contributed by atoms with Crippen LogP contribution in [0.2, 0.25) is 5.02 Å². The Balaban J connectivity index is 2.86. The zero-order chi connectivity index (χ0) is 13.0. The van der Waals surface area contributed by atoms with Crippen molar-refractivity contribution in [2.24, 2.45) is 0 Å². The van der Waals surface area contributed by atoms with Gasteiger partial charge in [0.25, 0.3) is 5.69 Å². The number of nitro benzene ring substituents is 1. The van der Waals surface area contributed by atoms with Crippen LogP contribution >= 0.6 is 11.6 Å². The largest absolute Gasteiger partial charge is 0.395 e. The second kappa shape index (κ2) is 5.95. The SMILES string of the molecule is CC(CO)N(C)Cc1ccc(Cl)c([N+](=O)[O-])c1. The van der Waals surface area contributed by atoms with E-state index in [-0.39, 0.29) is 23.4 Å². The predicted octanol–water partition coefficient (Wildman–Crippen LogP) is 2.06. The average molecular weight is 259 g/mol. The molecule has 1 atom stereocenters. The topological polar surface area (TPSA) is 66.6 Å². The Labute approximate surface area is 105 Å². The predicted molar refractivity (Wildman–Crippen MR) is 66.1 cm³/mol. The Bertz CT molecular complexity index is 412. The van der Waals surface area contributed by atoms with E-state index in [1.165, 1.54) is 12.1 Å². The maximum Gasteiger partial charge on any atom is 0.288 e. The van der Waals surface area contributed by atoms with Gasteiger partial charge in [0.1, 0.15) is 5.02 Å². The van der Waals surface area contributed by atoms with E-state index in [2.05, 4.69) is 0 Å². The number of benzene rings is 1. The Morgan fingerprint density at radius 2 is 2.24 bits per heavy atom. The summed E-state index contributed by atoms with van der Waals surface area (Å²) in [7, 11) is 1.85. The molecule has 0 aliphatic rings. The highest BCUT2D eigenvalue weighted by Gasteiger charge is 2.14. The summed E-state index contributed by atoms with van der Waals surface area (Å²) in [6, 6.07) is 4.73. The summed E-state index contributed by atoms with van der Waals surface area (Å²) in [5.41, 5.74) is 0.707. The number of hydrogen-bond acceptors (Lipinski definition) is 4. The summed E-state index contributed by atoms with van der Waals surface area (Å²) < 4.78 is 0. The minimum Gasteiger partial charge on any atom is -0.395 e. The lowest BCUT2D eigenvalue weighted by molar-refractivity contribution is -0.384. The van der Waals surface area contributed by atoms with Crippen molar-refractivity contribution in [3.63, 3.8) is 0 Å². The van der Waals surface area contributed by atoms with Gasteiger partial charge in [-0.3, -0.25) is 15.0 Å². The highest BCUT2D eigenvalue weighted by atomic mass is 35.5. The molecule has 0 heterocycles. The van der Waals surface area contributed by atoms with Gasteiger partial charge in [0.2, 0.25) is 0 Å². The summed E-state index contributed by atoms with van der Waals surface area (Å²) in [5, 5.41) is 19.9. The van der Waals surface area contributed by atoms with Crippen LogP contribution in [0.5, 0.6) is 0 Å². The first kappa shape index (κ1) is 13.9. The number of aliphatic hydroxyl groups excluding tert-OH is 1. The van der Waals surface area contributed by atoms with Gasteiger partial charge in [-0.25, -0.2) is 0 Å². The van der Waals surface area contributed by atoms with Gasteiger partial charge in [0.05, 0.1) is 11.5 Å². The monoisotopic (exact) mass is 258 g/mol. The van der Waals surface area contributed by atoms with Crippen LogP contribution in [0.1, 0.15) is 12.5 Å². The highest BCUT2D eigenvalue weighted by Crippen LogP contribution is 2.25. The van der Waals surface area contributed by atoms with Gasteiger partial charge in [-0.15, -0.1) is 0 Å². The number of rotatable bonds is 5. The molecule has 0 saturated heterocycles. The van der Waals surface area contributed by atoms with Gasteiger partial charge in [-0.05, 0) is 25.6 Å². The van der Waals surface area contributed by atoms with Gasteiger partial charge in [-0.1, -0.05) is 17.7 Å². The second-order valence-corrected chi connectivity index (χ2v) is 4.40. The molecule has 0 aromatic heterocycles. The van der Waals surface area contributed by atoms with Crippen LogP contribution in [0.25, 0.3) is 0 Å². The van der Waals surface area contributed by atoms with Crippen molar-refractivity contribution >= 4 is 17.3 Å². The van der Waals surface area contributed by atoms with Crippen LogP contribution in [0.4, 0.5) is 5.69 Å². The second-order valence-electron chi connectivity index (χ2n) is 3.99. The van der Waals surface area contributed by atoms with Crippen LogP contribution in [-0.2, 0) is 6.54 Å². The van der Waals surface area contributed by atoms with Crippen LogP contribution in [-0.4, -0.2) is 34.6 Å². The van der Waals surface area contributed by atoms with E-state index < -0.39 is 4.92 Å². The standard InChI is InChI=1S/C11H15ClN2O3/c1-8(7-15)13(2)6-9-3-4-10(12)11(5-9)14(16)17/h3-5,8,15H,6-7H2,1-2H3. The van der Waals surface area contributed by atoms with Gasteiger partial charge in [0, 0.05) is 18.7 Å². The summed E-state index contributed by atoms with van der Waals surface area (Å²) in [6.07, 6.45) is 0. The van der Waals surface area contributed by atoms with E-state index in [9.17, 15) is 10.1 Å². The quantitative estimate of drug-likeness (QED) is 0.648. The first-order chi connectivity index (χ1) is 7.95. The van der Waals surface area contributed by atoms with Crippen LogP contribution in [0, 0.1) is 10.1 Å². The third-order valence-corrected chi connectivity index (χ3v) is 2.98. The normalized spacial score (nSPS) is 12.8. The van der Waals surface area contributed by atoms with Gasteiger partial charge >= 0.3 is 0 Å². The maximum atomic E-state index is 10.7. The first-order valence-electron chi connectivity index (χ1n) is 5.19. The van der Waals surface area contributed by atoms with Crippen LogP contribution in [0.15, 0.2) is 18.2 Å². The van der Waals surface area contributed by atoms with Crippen molar-refractivity contribution in [2.75, 3.05) is 13.7 Å². The van der Waals surface area contributed by atoms with Crippen molar-refractivity contribution in [1.29, 1.82) is 0 Å². The molecule has 5 nitrogen and oxygen atoms in total. The van der Waals surface area contributed by atoms with Gasteiger partial charge in [0.15, 0.2) is 0 Å². The number of aliphatic hydroxyl groups is 1. The first-order valence-corrected chi connectivity index (χ1v) is 5.57. The summed E-state index contributed by atoms with van der Waals surface area (Å²) in [5.74, 6) is 0. The summed E-state index contributed by atoms with van der Waals surface area (Å²) >= 11 is 5.72. The molecule has 0 fully saturated rings. The fourth-order valence-corrected chi connectivity index (χ4v) is 1.57. The lowest BCUT2D eigenvalue weighted by atomic mass is 10.1. The van der Waals surface area contributed by atoms with Crippen molar-refractivity contribution in [3.05, 3.63) is 38.9 Å². The molecule has 0 spiro atoms. The van der Waals surface area contributed by atoms with Crippen LogP contribution < -0.4 is 0 Å². The molecule has 0 amide bonds. The van der Waals surface area contributed by atoms with E-state index in [1.54, 1.807) is 6.07 Å².